The molecule has 0 aliphatic heterocycles. The van der Waals surface area contributed by atoms with Crippen molar-refractivity contribution < 1.29 is 23.2 Å². The maximum atomic E-state index is 12.1. The van der Waals surface area contributed by atoms with Crippen LogP contribution in [0.2, 0.25) is 0 Å². The Balaban J connectivity index is 2.92. The highest BCUT2D eigenvalue weighted by molar-refractivity contribution is 7.89. The molecule has 0 saturated carbocycles. The molecule has 0 aliphatic rings. The molecule has 9 heteroatoms. The molecule has 1 rings (SSSR count). The van der Waals surface area contributed by atoms with Crippen molar-refractivity contribution in [2.24, 2.45) is 5.92 Å². The molecular formula is C12H16N2O6S. The largest absolute Gasteiger partial charge is 0.481 e. The minimum atomic E-state index is -4.06. The van der Waals surface area contributed by atoms with Crippen LogP contribution in [0.1, 0.15) is 19.8 Å². The Labute approximate surface area is 122 Å². The average Bonchev–Trinajstić information content (AvgIpc) is 2.43. The monoisotopic (exact) mass is 316 g/mol. The minimum absolute atomic E-state index is 0.0861. The molecule has 21 heavy (non-hydrogen) atoms. The van der Waals surface area contributed by atoms with E-state index in [4.69, 9.17) is 5.11 Å². The van der Waals surface area contributed by atoms with Crippen LogP contribution in [0.15, 0.2) is 29.2 Å². The molecule has 1 aromatic rings. The van der Waals surface area contributed by atoms with Crippen LogP contribution in [-0.4, -0.2) is 31.0 Å². The number of benzene rings is 1. The van der Waals surface area contributed by atoms with E-state index in [9.17, 15) is 23.3 Å². The summed E-state index contributed by atoms with van der Waals surface area (Å²) in [6.07, 6.45) is 0.307. The average molecular weight is 316 g/mol. The summed E-state index contributed by atoms with van der Waals surface area (Å²) in [6, 6.07) is 4.99. The molecule has 1 unspecified atom stereocenters. The Hall–Kier alpha value is -2.00. The Morgan fingerprint density at radius 1 is 1.43 bits per heavy atom. The van der Waals surface area contributed by atoms with Crippen LogP contribution >= 0.6 is 0 Å². The lowest BCUT2D eigenvalue weighted by atomic mass is 10.0. The molecule has 0 aliphatic carbocycles. The summed E-state index contributed by atoms with van der Waals surface area (Å²) >= 11 is 0. The fraction of sp³-hybridized carbons (Fsp3) is 0.417. The van der Waals surface area contributed by atoms with Crippen LogP contribution in [0.25, 0.3) is 0 Å². The van der Waals surface area contributed by atoms with Crippen molar-refractivity contribution in [2.75, 3.05) is 6.54 Å². The maximum absolute atomic E-state index is 12.1. The summed E-state index contributed by atoms with van der Waals surface area (Å²) in [4.78, 5) is 20.3. The quantitative estimate of drug-likeness (QED) is 0.551. The van der Waals surface area contributed by atoms with E-state index < -0.39 is 31.5 Å². The molecule has 0 saturated heterocycles. The van der Waals surface area contributed by atoms with Gasteiger partial charge in [0, 0.05) is 19.0 Å². The number of aliphatic carboxylic acids is 1. The van der Waals surface area contributed by atoms with Gasteiger partial charge in [0.2, 0.25) is 10.0 Å². The highest BCUT2D eigenvalue weighted by Gasteiger charge is 2.25. The molecular weight excluding hydrogens is 300 g/mol. The van der Waals surface area contributed by atoms with Crippen molar-refractivity contribution in [3.05, 3.63) is 34.4 Å². The number of nitro benzene ring substituents is 1. The summed E-state index contributed by atoms with van der Waals surface area (Å²) in [7, 11) is -4.06. The summed E-state index contributed by atoms with van der Waals surface area (Å²) in [5, 5.41) is 19.6. The van der Waals surface area contributed by atoms with Gasteiger partial charge in [-0.3, -0.25) is 14.9 Å². The summed E-state index contributed by atoms with van der Waals surface area (Å²) in [5.74, 6) is -1.40. The Morgan fingerprint density at radius 3 is 2.57 bits per heavy atom. The van der Waals surface area contributed by atoms with Crippen molar-refractivity contribution in [1.82, 2.24) is 4.72 Å². The fourth-order valence-corrected chi connectivity index (χ4v) is 3.03. The number of carboxylic acids is 1. The van der Waals surface area contributed by atoms with Crippen molar-refractivity contribution in [3.63, 3.8) is 0 Å². The van der Waals surface area contributed by atoms with Crippen molar-refractivity contribution in [3.8, 4) is 0 Å². The predicted molar refractivity (Wildman–Crippen MR) is 74.3 cm³/mol. The predicted octanol–water partition coefficient (Wildman–Crippen LogP) is 1.37. The number of sulfonamides is 1. The van der Waals surface area contributed by atoms with Gasteiger partial charge >= 0.3 is 5.97 Å². The standard InChI is InChI=1S/C12H16N2O6S/c1-2-9(7-12(15)16)8-13-21(19,20)11-6-4-3-5-10(11)14(17)18/h3-6,9,13H,2,7-8H2,1H3,(H,15,16). The lowest BCUT2D eigenvalue weighted by molar-refractivity contribution is -0.387. The van der Waals surface area contributed by atoms with E-state index in [1.807, 2.05) is 0 Å². The normalized spacial score (nSPS) is 12.8. The van der Waals surface area contributed by atoms with Crippen LogP contribution in [0.4, 0.5) is 5.69 Å². The second-order valence-electron chi connectivity index (χ2n) is 4.45. The lowest BCUT2D eigenvalue weighted by Gasteiger charge is -2.13. The Kier molecular flexibility index (Phi) is 5.79. The third-order valence-electron chi connectivity index (χ3n) is 2.95. The van der Waals surface area contributed by atoms with E-state index in [-0.39, 0.29) is 18.9 Å². The zero-order valence-electron chi connectivity index (χ0n) is 11.4. The molecule has 0 heterocycles. The van der Waals surface area contributed by atoms with Crippen molar-refractivity contribution in [2.45, 2.75) is 24.7 Å². The fourth-order valence-electron chi connectivity index (χ4n) is 1.75. The van der Waals surface area contributed by atoms with Gasteiger partial charge in [-0.05, 0) is 12.0 Å². The van der Waals surface area contributed by atoms with Crippen LogP contribution in [0.5, 0.6) is 0 Å². The molecule has 0 fully saturated rings. The van der Waals surface area contributed by atoms with Gasteiger partial charge in [0.25, 0.3) is 5.69 Å². The van der Waals surface area contributed by atoms with Crippen LogP contribution in [0.3, 0.4) is 0 Å². The second kappa shape index (κ2) is 7.14. The van der Waals surface area contributed by atoms with Gasteiger partial charge in [-0.15, -0.1) is 0 Å². The smallest absolute Gasteiger partial charge is 0.303 e. The van der Waals surface area contributed by atoms with Crippen molar-refractivity contribution in [1.29, 1.82) is 0 Å². The molecule has 1 aromatic carbocycles. The zero-order chi connectivity index (χ0) is 16.0. The van der Waals surface area contributed by atoms with Gasteiger partial charge < -0.3 is 5.11 Å². The van der Waals surface area contributed by atoms with E-state index in [0.717, 1.165) is 12.1 Å². The van der Waals surface area contributed by atoms with Crippen LogP contribution < -0.4 is 4.72 Å². The molecule has 116 valence electrons. The Bertz CT molecular complexity index is 628. The van der Waals surface area contributed by atoms with Crippen LogP contribution in [0, 0.1) is 16.0 Å². The molecule has 0 radical (unpaired) electrons. The number of nitrogens with one attached hydrogen (secondary N) is 1. The summed E-state index contributed by atoms with van der Waals surface area (Å²) < 4.78 is 26.4. The number of carbonyl (C=O) groups is 1. The van der Waals surface area contributed by atoms with E-state index in [1.54, 1.807) is 6.92 Å². The molecule has 8 nitrogen and oxygen atoms in total. The molecule has 0 amide bonds. The van der Waals surface area contributed by atoms with Gasteiger partial charge in [-0.25, -0.2) is 13.1 Å². The van der Waals surface area contributed by atoms with E-state index >= 15 is 0 Å². The highest BCUT2D eigenvalue weighted by Crippen LogP contribution is 2.22. The number of para-hydroxylation sites is 1. The first kappa shape index (κ1) is 17.1. The van der Waals surface area contributed by atoms with Gasteiger partial charge in [0.05, 0.1) is 4.92 Å². The molecule has 0 bridgehead atoms. The second-order valence-corrected chi connectivity index (χ2v) is 6.18. The topological polar surface area (TPSA) is 127 Å². The van der Waals surface area contributed by atoms with Gasteiger partial charge in [0.1, 0.15) is 0 Å². The van der Waals surface area contributed by atoms with Gasteiger partial charge in [-0.1, -0.05) is 25.5 Å². The van der Waals surface area contributed by atoms with E-state index in [0.29, 0.717) is 6.42 Å². The minimum Gasteiger partial charge on any atom is -0.481 e. The van der Waals surface area contributed by atoms with Crippen LogP contribution in [-0.2, 0) is 14.8 Å². The first-order chi connectivity index (χ1) is 9.77. The SMILES string of the molecule is CCC(CNS(=O)(=O)c1ccccc1[N+](=O)[O-])CC(=O)O. The molecule has 2 N–H and O–H groups in total. The molecule has 0 aromatic heterocycles. The zero-order valence-corrected chi connectivity index (χ0v) is 12.2. The van der Waals surface area contributed by atoms with E-state index in [1.165, 1.54) is 12.1 Å². The Morgan fingerprint density at radius 2 is 2.05 bits per heavy atom. The number of hydrogen-bond donors (Lipinski definition) is 2. The highest BCUT2D eigenvalue weighted by atomic mass is 32.2. The first-order valence-electron chi connectivity index (χ1n) is 6.22. The number of nitro groups is 1. The van der Waals surface area contributed by atoms with Gasteiger partial charge in [0.15, 0.2) is 4.90 Å². The van der Waals surface area contributed by atoms with Gasteiger partial charge in [-0.2, -0.15) is 0 Å². The summed E-state index contributed by atoms with van der Waals surface area (Å²) in [5.41, 5.74) is -0.517. The number of hydrogen-bond acceptors (Lipinski definition) is 5. The number of nitrogens with zero attached hydrogens (tertiary/aromatic N) is 1. The number of rotatable bonds is 8. The third kappa shape index (κ3) is 4.80. The lowest BCUT2D eigenvalue weighted by Crippen LogP contribution is -2.30. The molecule has 0 spiro atoms. The maximum Gasteiger partial charge on any atom is 0.303 e. The summed E-state index contributed by atoms with van der Waals surface area (Å²) in [6.45, 7) is 1.66. The van der Waals surface area contributed by atoms with Crippen molar-refractivity contribution >= 4 is 21.7 Å². The molecule has 1 atom stereocenters. The van der Waals surface area contributed by atoms with E-state index in [2.05, 4.69) is 4.72 Å². The third-order valence-corrected chi connectivity index (χ3v) is 4.43. The first-order valence-corrected chi connectivity index (χ1v) is 7.71. The number of carboxylic acid groups (broad SMARTS) is 1.